The van der Waals surface area contributed by atoms with Crippen molar-refractivity contribution in [3.8, 4) is 22.4 Å². The van der Waals surface area contributed by atoms with E-state index < -0.39 is 5.60 Å². The fourth-order valence-corrected chi connectivity index (χ4v) is 5.40. The van der Waals surface area contributed by atoms with Gasteiger partial charge in [0.2, 0.25) is 0 Å². The molecule has 2 atom stereocenters. The molecule has 4 aromatic rings. The van der Waals surface area contributed by atoms with Gasteiger partial charge in [-0.3, -0.25) is 4.90 Å². The molecular weight excluding hydrogens is 464 g/mol. The van der Waals surface area contributed by atoms with Crippen LogP contribution >= 0.6 is 0 Å². The van der Waals surface area contributed by atoms with Crippen molar-refractivity contribution in [1.82, 2.24) is 30.2 Å². The highest BCUT2D eigenvalue weighted by molar-refractivity contribution is 5.83. The van der Waals surface area contributed by atoms with Crippen molar-refractivity contribution in [1.29, 1.82) is 0 Å². The number of aromatic nitrogens is 4. The summed E-state index contributed by atoms with van der Waals surface area (Å²) >= 11 is 0. The number of ether oxygens (including phenoxy) is 1. The summed E-state index contributed by atoms with van der Waals surface area (Å²) < 4.78 is 5.63. The van der Waals surface area contributed by atoms with Crippen molar-refractivity contribution >= 4 is 17.1 Å². The third kappa shape index (κ3) is 4.85. The van der Waals surface area contributed by atoms with E-state index in [4.69, 9.17) is 9.72 Å². The lowest BCUT2D eigenvalue weighted by atomic mass is 10.0. The van der Waals surface area contributed by atoms with Gasteiger partial charge in [-0.05, 0) is 82.3 Å². The number of aromatic amines is 2. The second-order valence-corrected chi connectivity index (χ2v) is 11.1. The van der Waals surface area contributed by atoms with Gasteiger partial charge in [0.15, 0.2) is 0 Å². The molecule has 0 saturated carbocycles. The van der Waals surface area contributed by atoms with Crippen molar-refractivity contribution in [2.45, 2.75) is 64.1 Å². The van der Waals surface area contributed by atoms with Gasteiger partial charge in [0.1, 0.15) is 17.2 Å². The molecule has 2 aliphatic rings. The molecule has 0 aliphatic carbocycles. The van der Waals surface area contributed by atoms with E-state index in [1.54, 1.807) is 4.90 Å². The summed E-state index contributed by atoms with van der Waals surface area (Å²) in [6, 6.07) is 15.1. The summed E-state index contributed by atoms with van der Waals surface area (Å²) in [5, 5.41) is 3.51. The first kappa shape index (κ1) is 23.7. The molecule has 0 spiro atoms. The first-order chi connectivity index (χ1) is 17.8. The Morgan fingerprint density at radius 1 is 1.00 bits per heavy atom. The smallest absolute Gasteiger partial charge is 0.410 e. The van der Waals surface area contributed by atoms with E-state index in [1.807, 2.05) is 27.0 Å². The fourth-order valence-electron chi connectivity index (χ4n) is 5.40. The number of amides is 1. The Kier molecular flexibility index (Phi) is 5.99. The fraction of sp³-hybridized carbons (Fsp3) is 0.414. The minimum atomic E-state index is -0.521. The van der Waals surface area contributed by atoms with Crippen LogP contribution in [0.15, 0.2) is 48.7 Å². The lowest BCUT2D eigenvalue weighted by Gasteiger charge is -2.27. The van der Waals surface area contributed by atoms with Crippen LogP contribution in [0.1, 0.15) is 70.2 Å². The highest BCUT2D eigenvalue weighted by Crippen LogP contribution is 2.34. The van der Waals surface area contributed by atoms with Crippen LogP contribution in [0, 0.1) is 0 Å². The Morgan fingerprint density at radius 3 is 2.65 bits per heavy atom. The molecule has 6 rings (SSSR count). The molecule has 2 fully saturated rings. The number of carbonyl (C=O) groups is 1. The number of nitrogens with zero attached hydrogens (tertiary/aromatic N) is 3. The lowest BCUT2D eigenvalue weighted by molar-refractivity contribution is 0.0218. The minimum Gasteiger partial charge on any atom is -0.444 e. The largest absolute Gasteiger partial charge is 0.444 e. The number of benzene rings is 2. The van der Waals surface area contributed by atoms with Gasteiger partial charge in [-0.15, -0.1) is 0 Å². The summed E-state index contributed by atoms with van der Waals surface area (Å²) in [6.45, 7) is 7.41. The molecule has 1 amide bonds. The van der Waals surface area contributed by atoms with E-state index in [0.717, 1.165) is 70.9 Å². The zero-order chi connectivity index (χ0) is 25.6. The average molecular weight is 499 g/mol. The van der Waals surface area contributed by atoms with E-state index in [9.17, 15) is 4.79 Å². The van der Waals surface area contributed by atoms with Gasteiger partial charge in [0.05, 0.1) is 35.0 Å². The van der Waals surface area contributed by atoms with Gasteiger partial charge >= 0.3 is 6.09 Å². The second kappa shape index (κ2) is 9.34. The Hall–Kier alpha value is -3.65. The van der Waals surface area contributed by atoms with Crippen LogP contribution in [0.3, 0.4) is 0 Å². The Labute approximate surface area is 216 Å². The van der Waals surface area contributed by atoms with Crippen molar-refractivity contribution in [3.63, 3.8) is 0 Å². The third-order valence-electron chi connectivity index (χ3n) is 7.19. The number of fused-ring (bicyclic) bond motifs is 1. The molecule has 192 valence electrons. The van der Waals surface area contributed by atoms with Gasteiger partial charge in [0, 0.05) is 12.1 Å². The molecule has 0 radical (unpaired) electrons. The van der Waals surface area contributed by atoms with Crippen LogP contribution in [0.2, 0.25) is 0 Å². The van der Waals surface area contributed by atoms with Gasteiger partial charge in [-0.2, -0.15) is 0 Å². The number of hydrogen-bond donors (Lipinski definition) is 3. The molecule has 2 aromatic heterocycles. The molecule has 3 N–H and O–H groups in total. The number of likely N-dealkylation sites (tertiary alicyclic amines) is 1. The Balaban J connectivity index is 1.24. The Bertz CT molecular complexity index is 1430. The summed E-state index contributed by atoms with van der Waals surface area (Å²) in [4.78, 5) is 31.0. The molecule has 2 aromatic carbocycles. The van der Waals surface area contributed by atoms with E-state index in [1.165, 1.54) is 6.42 Å². The molecule has 37 heavy (non-hydrogen) atoms. The lowest BCUT2D eigenvalue weighted by Crippen LogP contribution is -2.36. The van der Waals surface area contributed by atoms with Crippen LogP contribution in [0.4, 0.5) is 4.79 Å². The zero-order valence-electron chi connectivity index (χ0n) is 21.7. The van der Waals surface area contributed by atoms with Gasteiger partial charge in [-0.25, -0.2) is 14.8 Å². The maximum absolute atomic E-state index is 12.7. The van der Waals surface area contributed by atoms with E-state index >= 15 is 0 Å². The van der Waals surface area contributed by atoms with E-state index in [0.29, 0.717) is 12.6 Å². The summed E-state index contributed by atoms with van der Waals surface area (Å²) in [5.41, 5.74) is 5.78. The average Bonchev–Trinajstić information content (AvgIpc) is 3.67. The maximum atomic E-state index is 12.7. The number of H-pyrrole nitrogens is 2. The monoisotopic (exact) mass is 498 g/mol. The predicted octanol–water partition coefficient (Wildman–Crippen LogP) is 6.12. The highest BCUT2D eigenvalue weighted by Gasteiger charge is 2.34. The third-order valence-corrected chi connectivity index (χ3v) is 7.19. The minimum absolute atomic E-state index is 0.0990. The number of carbonyl (C=O) groups excluding carboxylic acids is 1. The van der Waals surface area contributed by atoms with E-state index in [-0.39, 0.29) is 12.1 Å². The molecular formula is C29H34N6O2. The molecule has 8 heteroatoms. The second-order valence-electron chi connectivity index (χ2n) is 11.1. The number of rotatable bonds is 4. The predicted molar refractivity (Wildman–Crippen MR) is 144 cm³/mol. The quantitative estimate of drug-likeness (QED) is 0.315. The molecule has 8 nitrogen and oxygen atoms in total. The van der Waals surface area contributed by atoms with Crippen LogP contribution in [-0.4, -0.2) is 49.6 Å². The van der Waals surface area contributed by atoms with Gasteiger partial charge in [-0.1, -0.05) is 24.3 Å². The van der Waals surface area contributed by atoms with Crippen molar-refractivity contribution in [2.75, 3.05) is 13.1 Å². The number of imidazole rings is 2. The van der Waals surface area contributed by atoms with Crippen LogP contribution in [0.5, 0.6) is 0 Å². The van der Waals surface area contributed by atoms with Crippen LogP contribution in [-0.2, 0) is 4.74 Å². The Morgan fingerprint density at radius 2 is 1.84 bits per heavy atom. The topological polar surface area (TPSA) is 98.9 Å². The summed E-state index contributed by atoms with van der Waals surface area (Å²) in [7, 11) is 0. The molecule has 2 aliphatic heterocycles. The maximum Gasteiger partial charge on any atom is 0.410 e. The van der Waals surface area contributed by atoms with Crippen LogP contribution < -0.4 is 5.32 Å². The van der Waals surface area contributed by atoms with Gasteiger partial charge < -0.3 is 20.0 Å². The SMILES string of the molecule is CC(C)(C)OC(=O)N1CCCC1c1ncc(-c2cccc(-c3ccc4nc(C5CCCN5)[nH]c4c3)c2)[nH]1. The first-order valence-corrected chi connectivity index (χ1v) is 13.2. The van der Waals surface area contributed by atoms with Crippen molar-refractivity contribution in [2.24, 2.45) is 0 Å². The van der Waals surface area contributed by atoms with Crippen molar-refractivity contribution in [3.05, 3.63) is 60.3 Å². The van der Waals surface area contributed by atoms with Gasteiger partial charge in [0.25, 0.3) is 0 Å². The van der Waals surface area contributed by atoms with Crippen LogP contribution in [0.25, 0.3) is 33.4 Å². The molecule has 4 heterocycles. The molecule has 0 bridgehead atoms. The van der Waals surface area contributed by atoms with E-state index in [2.05, 4.69) is 62.7 Å². The standard InChI is InChI=1S/C29H34N6O2/c1-29(2,3)37-28(36)35-14-6-10-25(35)27-31-17-24(34-27)20-8-4-7-18(15-20)19-11-12-21-23(16-19)33-26(32-21)22-9-5-13-30-22/h4,7-8,11-12,15-17,22,25,30H,5-6,9-10,13-14H2,1-3H3,(H,31,34)(H,32,33). The molecule has 2 unspecified atom stereocenters. The number of hydrogen-bond acceptors (Lipinski definition) is 5. The first-order valence-electron chi connectivity index (χ1n) is 13.2. The number of nitrogens with one attached hydrogen (secondary N) is 3. The normalized spacial score (nSPS) is 20.1. The zero-order valence-corrected chi connectivity index (χ0v) is 21.7. The van der Waals surface area contributed by atoms with Crippen molar-refractivity contribution < 1.29 is 9.53 Å². The molecule has 2 saturated heterocycles. The highest BCUT2D eigenvalue weighted by atomic mass is 16.6. The summed E-state index contributed by atoms with van der Waals surface area (Å²) in [5.74, 6) is 1.83. The summed E-state index contributed by atoms with van der Waals surface area (Å²) in [6.07, 6.45) is 5.69.